The highest BCUT2D eigenvalue weighted by atomic mass is 16.6. The van der Waals surface area contributed by atoms with E-state index in [2.05, 4.69) is 5.32 Å². The van der Waals surface area contributed by atoms with E-state index in [1.165, 1.54) is 19.2 Å². The number of hydrogen-bond donors (Lipinski definition) is 1. The molecule has 0 aliphatic heterocycles. The van der Waals surface area contributed by atoms with Gasteiger partial charge in [-0.05, 0) is 31.9 Å². The third-order valence-electron chi connectivity index (χ3n) is 3.08. The minimum Gasteiger partial charge on any atom is -0.467 e. The van der Waals surface area contributed by atoms with E-state index in [9.17, 15) is 14.9 Å². The molecule has 0 saturated heterocycles. The minimum atomic E-state index is -0.898. The van der Waals surface area contributed by atoms with Crippen molar-refractivity contribution < 1.29 is 14.5 Å². The summed E-state index contributed by atoms with van der Waals surface area (Å²) < 4.78 is 4.81. The number of nitro groups is 1. The monoisotopic (exact) mass is 280 g/mol. The molecule has 0 aliphatic rings. The number of rotatable bonds is 6. The third-order valence-corrected chi connectivity index (χ3v) is 3.08. The minimum absolute atomic E-state index is 0.00351. The summed E-state index contributed by atoms with van der Waals surface area (Å²) in [6, 6.07) is 4.67. The van der Waals surface area contributed by atoms with Gasteiger partial charge in [0.15, 0.2) is 0 Å². The first-order chi connectivity index (χ1) is 9.32. The van der Waals surface area contributed by atoms with Gasteiger partial charge in [-0.3, -0.25) is 10.1 Å². The molecule has 0 bridgehead atoms. The fourth-order valence-corrected chi connectivity index (χ4v) is 2.20. The van der Waals surface area contributed by atoms with Crippen LogP contribution in [0.15, 0.2) is 18.2 Å². The van der Waals surface area contributed by atoms with Gasteiger partial charge in [-0.1, -0.05) is 13.3 Å². The summed E-state index contributed by atoms with van der Waals surface area (Å²) in [6.45, 7) is 5.46. The molecule has 110 valence electrons. The van der Waals surface area contributed by atoms with Crippen LogP contribution in [0, 0.1) is 17.0 Å². The first kappa shape index (κ1) is 15.9. The number of hydrogen-bond acceptors (Lipinski definition) is 5. The van der Waals surface area contributed by atoms with Crippen molar-refractivity contribution in [2.45, 2.75) is 39.2 Å². The Morgan fingerprint density at radius 2 is 2.10 bits per heavy atom. The normalized spacial score (nSPS) is 13.4. The summed E-state index contributed by atoms with van der Waals surface area (Å²) in [4.78, 5) is 22.3. The number of carbonyl (C=O) groups is 1. The van der Waals surface area contributed by atoms with Crippen LogP contribution in [0.3, 0.4) is 0 Å². The zero-order chi connectivity index (χ0) is 15.3. The fraction of sp³-hybridized carbons (Fsp3) is 0.500. The molecule has 20 heavy (non-hydrogen) atoms. The maximum Gasteiger partial charge on any atom is 0.331 e. The number of benzene rings is 1. The molecule has 1 rings (SSSR count). The molecule has 1 unspecified atom stereocenters. The second-order valence-corrected chi connectivity index (χ2v) is 5.01. The summed E-state index contributed by atoms with van der Waals surface area (Å²) in [5.41, 5.74) is 0.394. The first-order valence-corrected chi connectivity index (χ1v) is 6.45. The van der Waals surface area contributed by atoms with E-state index in [1.54, 1.807) is 19.9 Å². The maximum atomic E-state index is 11.9. The van der Waals surface area contributed by atoms with Crippen LogP contribution in [0.25, 0.3) is 0 Å². The Morgan fingerprint density at radius 1 is 1.45 bits per heavy atom. The summed E-state index contributed by atoms with van der Waals surface area (Å²) in [7, 11) is 1.33. The van der Waals surface area contributed by atoms with E-state index in [0.717, 1.165) is 12.0 Å². The van der Waals surface area contributed by atoms with Gasteiger partial charge in [0.1, 0.15) is 5.54 Å². The Labute approximate surface area is 118 Å². The van der Waals surface area contributed by atoms with Gasteiger partial charge in [-0.2, -0.15) is 0 Å². The van der Waals surface area contributed by atoms with E-state index in [4.69, 9.17) is 4.74 Å². The quantitative estimate of drug-likeness (QED) is 0.492. The van der Waals surface area contributed by atoms with Crippen LogP contribution in [-0.4, -0.2) is 23.5 Å². The molecule has 0 aliphatic carbocycles. The van der Waals surface area contributed by atoms with Crippen molar-refractivity contribution in [3.8, 4) is 0 Å². The molecule has 0 fully saturated rings. The molecule has 1 aromatic rings. The highest BCUT2D eigenvalue weighted by molar-refractivity contribution is 5.84. The molecular weight excluding hydrogens is 260 g/mol. The lowest BCUT2D eigenvalue weighted by molar-refractivity contribution is -0.384. The van der Waals surface area contributed by atoms with Crippen LogP contribution in [0.5, 0.6) is 0 Å². The topological polar surface area (TPSA) is 81.5 Å². The van der Waals surface area contributed by atoms with Gasteiger partial charge in [-0.25, -0.2) is 4.79 Å². The molecule has 0 amide bonds. The average molecular weight is 280 g/mol. The van der Waals surface area contributed by atoms with Crippen molar-refractivity contribution in [3.63, 3.8) is 0 Å². The number of nitrogens with zero attached hydrogens (tertiary/aromatic N) is 1. The average Bonchev–Trinajstić information content (AvgIpc) is 2.37. The lowest BCUT2D eigenvalue weighted by Gasteiger charge is -2.28. The summed E-state index contributed by atoms with van der Waals surface area (Å²) in [5, 5.41) is 13.9. The molecule has 0 heterocycles. The molecule has 1 atom stereocenters. The summed E-state index contributed by atoms with van der Waals surface area (Å²) >= 11 is 0. The van der Waals surface area contributed by atoms with Gasteiger partial charge in [-0.15, -0.1) is 0 Å². The largest absolute Gasteiger partial charge is 0.467 e. The number of carbonyl (C=O) groups excluding carboxylic acids is 1. The van der Waals surface area contributed by atoms with E-state index in [1.807, 2.05) is 6.92 Å². The number of anilines is 1. The van der Waals surface area contributed by atoms with Crippen LogP contribution in [0.1, 0.15) is 32.3 Å². The van der Waals surface area contributed by atoms with Gasteiger partial charge < -0.3 is 10.1 Å². The molecular formula is C14H20N2O4. The predicted molar refractivity (Wildman–Crippen MR) is 76.8 cm³/mol. The van der Waals surface area contributed by atoms with Crippen molar-refractivity contribution in [2.24, 2.45) is 0 Å². The maximum absolute atomic E-state index is 11.9. The van der Waals surface area contributed by atoms with Gasteiger partial charge in [0.2, 0.25) is 0 Å². The van der Waals surface area contributed by atoms with Gasteiger partial charge in [0, 0.05) is 17.8 Å². The van der Waals surface area contributed by atoms with Gasteiger partial charge in [0.25, 0.3) is 5.69 Å². The number of nitro benzene ring substituents is 1. The number of nitrogens with one attached hydrogen (secondary N) is 1. The van der Waals surface area contributed by atoms with E-state index >= 15 is 0 Å². The van der Waals surface area contributed by atoms with Crippen LogP contribution >= 0.6 is 0 Å². The van der Waals surface area contributed by atoms with Crippen molar-refractivity contribution in [1.82, 2.24) is 0 Å². The van der Waals surface area contributed by atoms with Gasteiger partial charge in [0.05, 0.1) is 12.0 Å². The zero-order valence-electron chi connectivity index (χ0n) is 12.2. The highest BCUT2D eigenvalue weighted by Crippen LogP contribution is 2.26. The van der Waals surface area contributed by atoms with E-state index in [0.29, 0.717) is 12.1 Å². The van der Waals surface area contributed by atoms with Crippen LogP contribution in [0.2, 0.25) is 0 Å². The SMILES string of the molecule is CCCC(C)(Nc1cc(C)cc([N+](=O)[O-])c1)C(=O)OC. The standard InChI is InChI=1S/C14H20N2O4/c1-5-6-14(3,13(17)20-4)15-11-7-10(2)8-12(9-11)16(18)19/h7-9,15H,5-6H2,1-4H3. The highest BCUT2D eigenvalue weighted by Gasteiger charge is 2.33. The molecule has 1 aromatic carbocycles. The lowest BCUT2D eigenvalue weighted by Crippen LogP contribution is -2.44. The molecule has 6 nitrogen and oxygen atoms in total. The Morgan fingerprint density at radius 3 is 2.60 bits per heavy atom. The third kappa shape index (κ3) is 3.69. The predicted octanol–water partition coefficient (Wildman–Crippen LogP) is 3.05. The smallest absolute Gasteiger partial charge is 0.331 e. The van der Waals surface area contributed by atoms with Crippen molar-refractivity contribution >= 4 is 17.3 Å². The first-order valence-electron chi connectivity index (χ1n) is 6.45. The molecule has 1 N–H and O–H groups in total. The van der Waals surface area contributed by atoms with Gasteiger partial charge >= 0.3 is 5.97 Å². The molecule has 0 spiro atoms. The van der Waals surface area contributed by atoms with E-state index in [-0.39, 0.29) is 11.7 Å². The van der Waals surface area contributed by atoms with Crippen molar-refractivity contribution in [3.05, 3.63) is 33.9 Å². The van der Waals surface area contributed by atoms with Crippen LogP contribution in [-0.2, 0) is 9.53 Å². The molecule has 6 heteroatoms. The Kier molecular flexibility index (Phi) is 5.07. The van der Waals surface area contributed by atoms with E-state index < -0.39 is 10.5 Å². The Balaban J connectivity index is 3.11. The van der Waals surface area contributed by atoms with Crippen LogP contribution < -0.4 is 5.32 Å². The summed E-state index contributed by atoms with van der Waals surface area (Å²) in [6.07, 6.45) is 1.36. The fourth-order valence-electron chi connectivity index (χ4n) is 2.20. The number of ether oxygens (including phenoxy) is 1. The Hall–Kier alpha value is -2.11. The zero-order valence-corrected chi connectivity index (χ0v) is 12.2. The number of aryl methyl sites for hydroxylation is 1. The van der Waals surface area contributed by atoms with Crippen LogP contribution in [0.4, 0.5) is 11.4 Å². The lowest BCUT2D eigenvalue weighted by atomic mass is 9.95. The molecule has 0 saturated carbocycles. The summed E-state index contributed by atoms with van der Waals surface area (Å²) in [5.74, 6) is -0.386. The number of esters is 1. The number of non-ortho nitro benzene ring substituents is 1. The van der Waals surface area contributed by atoms with Crippen molar-refractivity contribution in [1.29, 1.82) is 0 Å². The number of methoxy groups -OCH3 is 1. The molecule has 0 aromatic heterocycles. The Bertz CT molecular complexity index is 516. The second kappa shape index (κ2) is 6.36. The second-order valence-electron chi connectivity index (χ2n) is 5.01. The molecule has 0 radical (unpaired) electrons. The van der Waals surface area contributed by atoms with Crippen molar-refractivity contribution in [2.75, 3.05) is 12.4 Å².